The first-order chi connectivity index (χ1) is 10.9. The summed E-state index contributed by atoms with van der Waals surface area (Å²) in [6.07, 6.45) is 8.69. The number of nitrogens with two attached hydrogens (primary N) is 1. The molecule has 134 valence electrons. The number of ether oxygens (including phenoxy) is 1. The van der Waals surface area contributed by atoms with E-state index < -0.39 is 5.60 Å². The van der Waals surface area contributed by atoms with Crippen LogP contribution in [0.1, 0.15) is 65.7 Å². The molecule has 3 N–H and O–H groups in total. The molecule has 2 fully saturated rings. The number of amides is 1. The second-order valence-electron chi connectivity index (χ2n) is 8.10. The predicted octanol–water partition coefficient (Wildman–Crippen LogP) is 2.88. The molecular formula is C18H35N3O2. The maximum absolute atomic E-state index is 11.8. The number of nitrogens with zero attached hydrogens (tertiary/aromatic N) is 1. The van der Waals surface area contributed by atoms with Gasteiger partial charge in [-0.2, -0.15) is 0 Å². The molecule has 1 saturated heterocycles. The van der Waals surface area contributed by atoms with E-state index in [1.54, 1.807) is 0 Å². The van der Waals surface area contributed by atoms with Gasteiger partial charge < -0.3 is 15.8 Å². The highest BCUT2D eigenvalue weighted by Crippen LogP contribution is 2.36. The SMILES string of the molecule is CC(C)(C)OC(=O)NCCC(CN)N1CCC[C@H]2CCCC[C@H]21. The third kappa shape index (κ3) is 5.64. The van der Waals surface area contributed by atoms with Crippen molar-refractivity contribution in [3.05, 3.63) is 0 Å². The van der Waals surface area contributed by atoms with Crippen LogP contribution in [0.2, 0.25) is 0 Å². The molecule has 1 saturated carbocycles. The van der Waals surface area contributed by atoms with E-state index in [0.717, 1.165) is 18.9 Å². The van der Waals surface area contributed by atoms with Crippen LogP contribution in [0.3, 0.4) is 0 Å². The van der Waals surface area contributed by atoms with Gasteiger partial charge in [0, 0.05) is 25.2 Å². The van der Waals surface area contributed by atoms with Gasteiger partial charge in [0.1, 0.15) is 5.60 Å². The van der Waals surface area contributed by atoms with Gasteiger partial charge in [-0.15, -0.1) is 0 Å². The molecule has 0 radical (unpaired) electrons. The lowest BCUT2D eigenvalue weighted by Gasteiger charge is -2.47. The van der Waals surface area contributed by atoms with Gasteiger partial charge in [-0.1, -0.05) is 12.8 Å². The number of fused-ring (bicyclic) bond motifs is 1. The molecule has 3 atom stereocenters. The molecule has 2 aliphatic rings. The minimum atomic E-state index is -0.445. The van der Waals surface area contributed by atoms with Crippen LogP contribution in [0.15, 0.2) is 0 Å². The lowest BCUT2D eigenvalue weighted by atomic mass is 9.77. The van der Waals surface area contributed by atoms with Crippen LogP contribution in [0, 0.1) is 5.92 Å². The quantitative estimate of drug-likeness (QED) is 0.815. The Hall–Kier alpha value is -0.810. The molecular weight excluding hydrogens is 290 g/mol. The van der Waals surface area contributed by atoms with Gasteiger partial charge in [-0.3, -0.25) is 4.90 Å². The molecule has 1 unspecified atom stereocenters. The maximum atomic E-state index is 11.8. The van der Waals surface area contributed by atoms with E-state index in [0.29, 0.717) is 25.2 Å². The summed E-state index contributed by atoms with van der Waals surface area (Å²) in [5.74, 6) is 0.866. The van der Waals surface area contributed by atoms with Crippen molar-refractivity contribution in [2.45, 2.75) is 83.4 Å². The van der Waals surface area contributed by atoms with Crippen molar-refractivity contribution in [3.8, 4) is 0 Å². The van der Waals surface area contributed by atoms with Crippen molar-refractivity contribution in [2.24, 2.45) is 11.7 Å². The van der Waals surface area contributed by atoms with Gasteiger partial charge >= 0.3 is 6.09 Å². The van der Waals surface area contributed by atoms with Crippen molar-refractivity contribution < 1.29 is 9.53 Å². The number of hydrogen-bond donors (Lipinski definition) is 2. The topological polar surface area (TPSA) is 67.6 Å². The number of nitrogens with one attached hydrogen (secondary N) is 1. The van der Waals surface area contributed by atoms with Gasteiger partial charge in [0.15, 0.2) is 0 Å². The third-order valence-corrected chi connectivity index (χ3v) is 5.17. The standard InChI is InChI=1S/C18H35N3O2/c1-18(2,3)23-17(22)20-11-10-15(13-19)21-12-6-8-14-7-4-5-9-16(14)21/h14-16H,4-13,19H2,1-3H3,(H,20,22)/t14-,15?,16-/m1/s1. The minimum Gasteiger partial charge on any atom is -0.444 e. The summed E-state index contributed by atoms with van der Waals surface area (Å²) in [5.41, 5.74) is 5.61. The first kappa shape index (κ1) is 18.5. The zero-order chi connectivity index (χ0) is 16.9. The monoisotopic (exact) mass is 325 g/mol. The van der Waals surface area contributed by atoms with Crippen LogP contribution in [-0.4, -0.2) is 48.3 Å². The highest BCUT2D eigenvalue weighted by molar-refractivity contribution is 5.67. The van der Waals surface area contributed by atoms with E-state index in [1.165, 1.54) is 38.5 Å². The van der Waals surface area contributed by atoms with Crippen molar-refractivity contribution in [1.29, 1.82) is 0 Å². The summed E-state index contributed by atoms with van der Waals surface area (Å²) < 4.78 is 5.29. The van der Waals surface area contributed by atoms with Crippen LogP contribution in [0.5, 0.6) is 0 Å². The Morgan fingerprint density at radius 3 is 2.65 bits per heavy atom. The summed E-state index contributed by atoms with van der Waals surface area (Å²) in [7, 11) is 0. The Morgan fingerprint density at radius 1 is 1.26 bits per heavy atom. The fourth-order valence-electron chi connectivity index (χ4n) is 4.19. The molecule has 5 heteroatoms. The normalized spacial score (nSPS) is 27.1. The number of carbonyl (C=O) groups is 1. The largest absolute Gasteiger partial charge is 0.444 e. The van der Waals surface area contributed by atoms with Crippen molar-refractivity contribution in [3.63, 3.8) is 0 Å². The van der Waals surface area contributed by atoms with Crippen molar-refractivity contribution in [2.75, 3.05) is 19.6 Å². The summed E-state index contributed by atoms with van der Waals surface area (Å²) in [4.78, 5) is 14.4. The first-order valence-corrected chi connectivity index (χ1v) is 9.33. The molecule has 1 heterocycles. The summed E-state index contributed by atoms with van der Waals surface area (Å²) in [6.45, 7) is 8.10. The van der Waals surface area contributed by atoms with E-state index in [2.05, 4.69) is 10.2 Å². The van der Waals surface area contributed by atoms with E-state index in [-0.39, 0.29) is 6.09 Å². The van der Waals surface area contributed by atoms with E-state index >= 15 is 0 Å². The van der Waals surface area contributed by atoms with E-state index in [1.807, 2.05) is 20.8 Å². The molecule has 1 aliphatic carbocycles. The lowest BCUT2D eigenvalue weighted by Crippen LogP contribution is -2.54. The Bertz CT molecular complexity index is 379. The minimum absolute atomic E-state index is 0.331. The third-order valence-electron chi connectivity index (χ3n) is 5.17. The predicted molar refractivity (Wildman–Crippen MR) is 93.4 cm³/mol. The van der Waals surface area contributed by atoms with Crippen LogP contribution in [-0.2, 0) is 4.74 Å². The summed E-state index contributed by atoms with van der Waals surface area (Å²) in [5, 5.41) is 2.87. The lowest BCUT2D eigenvalue weighted by molar-refractivity contribution is 0.0244. The molecule has 0 aromatic rings. The Morgan fingerprint density at radius 2 is 1.96 bits per heavy atom. The molecule has 0 bridgehead atoms. The fraction of sp³-hybridized carbons (Fsp3) is 0.944. The average Bonchev–Trinajstić information content (AvgIpc) is 2.49. The average molecular weight is 325 g/mol. The van der Waals surface area contributed by atoms with Crippen LogP contribution < -0.4 is 11.1 Å². The zero-order valence-corrected chi connectivity index (χ0v) is 15.1. The number of alkyl carbamates (subject to hydrolysis) is 1. The second-order valence-corrected chi connectivity index (χ2v) is 8.10. The molecule has 2 rings (SSSR count). The maximum Gasteiger partial charge on any atom is 0.407 e. The van der Waals surface area contributed by atoms with Gasteiger partial charge in [-0.25, -0.2) is 4.79 Å². The van der Waals surface area contributed by atoms with Crippen molar-refractivity contribution >= 4 is 6.09 Å². The van der Waals surface area contributed by atoms with Gasteiger partial charge in [-0.05, 0) is 65.3 Å². The Kier molecular flexibility index (Phi) is 6.72. The highest BCUT2D eigenvalue weighted by Gasteiger charge is 2.36. The molecule has 0 aromatic heterocycles. The fourth-order valence-corrected chi connectivity index (χ4v) is 4.19. The van der Waals surface area contributed by atoms with Gasteiger partial charge in [0.05, 0.1) is 0 Å². The number of hydrogen-bond acceptors (Lipinski definition) is 4. The first-order valence-electron chi connectivity index (χ1n) is 9.33. The molecule has 23 heavy (non-hydrogen) atoms. The van der Waals surface area contributed by atoms with Gasteiger partial charge in [0.25, 0.3) is 0 Å². The molecule has 5 nitrogen and oxygen atoms in total. The molecule has 1 amide bonds. The highest BCUT2D eigenvalue weighted by atomic mass is 16.6. The van der Waals surface area contributed by atoms with Crippen LogP contribution in [0.4, 0.5) is 4.79 Å². The van der Waals surface area contributed by atoms with Gasteiger partial charge in [0.2, 0.25) is 0 Å². The van der Waals surface area contributed by atoms with Crippen molar-refractivity contribution in [1.82, 2.24) is 10.2 Å². The number of rotatable bonds is 5. The Balaban J connectivity index is 1.81. The van der Waals surface area contributed by atoms with Crippen LogP contribution in [0.25, 0.3) is 0 Å². The second kappa shape index (κ2) is 8.34. The smallest absolute Gasteiger partial charge is 0.407 e. The summed E-state index contributed by atoms with van der Waals surface area (Å²) >= 11 is 0. The molecule has 1 aliphatic heterocycles. The van der Waals surface area contributed by atoms with E-state index in [9.17, 15) is 4.79 Å². The number of carbonyl (C=O) groups excluding carboxylic acids is 1. The zero-order valence-electron chi connectivity index (χ0n) is 15.1. The molecule has 0 spiro atoms. The summed E-state index contributed by atoms with van der Waals surface area (Å²) in [6, 6.07) is 1.09. The molecule has 0 aromatic carbocycles. The van der Waals surface area contributed by atoms with E-state index in [4.69, 9.17) is 10.5 Å². The number of likely N-dealkylation sites (tertiary alicyclic amines) is 1. The Labute approximate surface area is 141 Å². The van der Waals surface area contributed by atoms with Crippen LogP contribution >= 0.6 is 0 Å². The number of piperidine rings is 1.